The number of morpholine rings is 1. The first kappa shape index (κ1) is 23.7. The summed E-state index contributed by atoms with van der Waals surface area (Å²) >= 11 is 1.71. The number of likely N-dealkylation sites (N-methyl/N-ethyl adjacent to an activating group) is 1. The Kier molecular flexibility index (Phi) is 6.84. The van der Waals surface area contributed by atoms with Crippen LogP contribution in [0.15, 0.2) is 53.7 Å². The van der Waals surface area contributed by atoms with Crippen LogP contribution in [-0.2, 0) is 11.3 Å². The normalized spacial score (nSPS) is 17.9. The maximum absolute atomic E-state index is 5.55. The van der Waals surface area contributed by atoms with Crippen LogP contribution in [0.5, 0.6) is 0 Å². The van der Waals surface area contributed by atoms with Crippen LogP contribution >= 0.6 is 11.8 Å². The van der Waals surface area contributed by atoms with Crippen LogP contribution in [-0.4, -0.2) is 96.7 Å². The van der Waals surface area contributed by atoms with Gasteiger partial charge in [0, 0.05) is 69.0 Å². The van der Waals surface area contributed by atoms with E-state index in [1.165, 1.54) is 16.6 Å². The molecule has 0 saturated carbocycles. The summed E-state index contributed by atoms with van der Waals surface area (Å²) in [6.07, 6.45) is 2.12. The van der Waals surface area contributed by atoms with Gasteiger partial charge in [0.05, 0.1) is 29.9 Å². The monoisotopic (exact) mass is 502 g/mol. The number of hydrogen-bond donors (Lipinski definition) is 0. The van der Waals surface area contributed by atoms with Crippen LogP contribution in [0, 0.1) is 0 Å². The molecule has 2 saturated heterocycles. The average molecular weight is 503 g/mol. The van der Waals surface area contributed by atoms with E-state index < -0.39 is 0 Å². The molecule has 4 aromatic rings. The predicted molar refractivity (Wildman–Crippen MR) is 149 cm³/mol. The number of piperazine rings is 1. The fourth-order valence-corrected chi connectivity index (χ4v) is 5.93. The average Bonchev–Trinajstić information content (AvgIpc) is 3.31. The number of anilines is 1. The number of thioether (sulfide) groups is 1. The number of hydrogen-bond acceptors (Lipinski definition) is 7. The van der Waals surface area contributed by atoms with Crippen molar-refractivity contribution in [1.29, 1.82) is 0 Å². The number of para-hydroxylation sites is 1. The van der Waals surface area contributed by atoms with Crippen LogP contribution in [0.3, 0.4) is 0 Å². The van der Waals surface area contributed by atoms with E-state index in [0.717, 1.165) is 93.0 Å². The molecule has 0 radical (unpaired) electrons. The first-order valence-corrected chi connectivity index (χ1v) is 14.1. The lowest BCUT2D eigenvalue weighted by Gasteiger charge is -2.34. The van der Waals surface area contributed by atoms with Crippen LogP contribution in [0.4, 0.5) is 5.69 Å². The zero-order valence-electron chi connectivity index (χ0n) is 21.2. The molecule has 2 aromatic carbocycles. The molecule has 36 heavy (non-hydrogen) atoms. The van der Waals surface area contributed by atoms with E-state index in [1.807, 2.05) is 0 Å². The summed E-state index contributed by atoms with van der Waals surface area (Å²) in [6.45, 7) is 9.88. The smallest absolute Gasteiger partial charge is 0.168 e. The van der Waals surface area contributed by atoms with E-state index in [-0.39, 0.29) is 0 Å². The summed E-state index contributed by atoms with van der Waals surface area (Å²) in [5, 5.41) is 2.21. The number of ether oxygens (including phenoxy) is 1. The number of pyridine rings is 1. The molecule has 0 atom stereocenters. The SMILES string of the molecule is CSc1nc2c(-c3ccc(N4CCN(C)CC4)cc3)nc3ccccc3c2n1CCN1CCOCC1. The fraction of sp³-hybridized carbons (Fsp3) is 0.429. The first-order chi connectivity index (χ1) is 17.7. The van der Waals surface area contributed by atoms with E-state index >= 15 is 0 Å². The lowest BCUT2D eigenvalue weighted by atomic mass is 10.1. The maximum Gasteiger partial charge on any atom is 0.168 e. The molecular formula is C28H34N6OS. The van der Waals surface area contributed by atoms with Gasteiger partial charge < -0.3 is 19.1 Å². The molecule has 2 fully saturated rings. The minimum absolute atomic E-state index is 0.821. The maximum atomic E-state index is 5.55. The third kappa shape index (κ3) is 4.59. The van der Waals surface area contributed by atoms with Crippen molar-refractivity contribution in [1.82, 2.24) is 24.3 Å². The molecule has 7 nitrogen and oxygen atoms in total. The largest absolute Gasteiger partial charge is 0.379 e. The molecule has 0 unspecified atom stereocenters. The molecule has 2 aliphatic heterocycles. The minimum Gasteiger partial charge on any atom is -0.379 e. The van der Waals surface area contributed by atoms with E-state index in [9.17, 15) is 0 Å². The quantitative estimate of drug-likeness (QED) is 0.369. The molecule has 0 amide bonds. The summed E-state index contributed by atoms with van der Waals surface area (Å²) in [6, 6.07) is 17.4. The molecule has 0 aliphatic carbocycles. The third-order valence-corrected chi connectivity index (χ3v) is 8.16. The Labute approximate surface area is 217 Å². The molecule has 0 spiro atoms. The zero-order chi connectivity index (χ0) is 24.5. The number of fused-ring (bicyclic) bond motifs is 3. The first-order valence-electron chi connectivity index (χ1n) is 12.9. The van der Waals surface area contributed by atoms with Crippen molar-refractivity contribution in [3.63, 3.8) is 0 Å². The molecule has 0 N–H and O–H groups in total. The van der Waals surface area contributed by atoms with Crippen LogP contribution < -0.4 is 4.90 Å². The summed E-state index contributed by atoms with van der Waals surface area (Å²) < 4.78 is 7.95. The van der Waals surface area contributed by atoms with Crippen molar-refractivity contribution in [2.24, 2.45) is 0 Å². The number of imidazole rings is 1. The molecule has 2 aliphatic rings. The number of nitrogens with zero attached hydrogens (tertiary/aromatic N) is 6. The Morgan fingerprint density at radius 2 is 1.61 bits per heavy atom. The molecular weight excluding hydrogens is 468 g/mol. The van der Waals surface area contributed by atoms with Gasteiger partial charge in [0.15, 0.2) is 5.16 Å². The van der Waals surface area contributed by atoms with Gasteiger partial charge in [-0.1, -0.05) is 42.1 Å². The fourth-order valence-electron chi connectivity index (χ4n) is 5.34. The molecule has 4 heterocycles. The van der Waals surface area contributed by atoms with Gasteiger partial charge in [-0.2, -0.15) is 0 Å². The van der Waals surface area contributed by atoms with Crippen LogP contribution in [0.2, 0.25) is 0 Å². The minimum atomic E-state index is 0.821. The Bertz CT molecular complexity index is 1340. The van der Waals surface area contributed by atoms with E-state index in [0.29, 0.717) is 0 Å². The van der Waals surface area contributed by atoms with Gasteiger partial charge >= 0.3 is 0 Å². The second kappa shape index (κ2) is 10.4. The highest BCUT2D eigenvalue weighted by Crippen LogP contribution is 2.35. The summed E-state index contributed by atoms with van der Waals surface area (Å²) in [4.78, 5) is 17.6. The Balaban J connectivity index is 1.40. The van der Waals surface area contributed by atoms with E-state index in [2.05, 4.69) is 81.1 Å². The standard InChI is InChI=1S/C28H34N6OS/c1-31-11-14-33(15-12-31)22-9-7-21(8-10-22)25-26-27(23-5-3-4-6-24(23)29-25)34(28(30-26)36-2)16-13-32-17-19-35-20-18-32/h3-10H,11-20H2,1-2H3. The van der Waals surface area contributed by atoms with Gasteiger partial charge in [-0.05, 0) is 31.5 Å². The Hall–Kier alpha value is -2.65. The van der Waals surface area contributed by atoms with Crippen molar-refractivity contribution in [2.45, 2.75) is 11.7 Å². The number of benzene rings is 2. The molecule has 188 valence electrons. The van der Waals surface area contributed by atoms with Crippen molar-refractivity contribution in [3.05, 3.63) is 48.5 Å². The highest BCUT2D eigenvalue weighted by Gasteiger charge is 2.21. The summed E-state index contributed by atoms with van der Waals surface area (Å²) in [7, 11) is 2.19. The van der Waals surface area contributed by atoms with Gasteiger partial charge in [0.25, 0.3) is 0 Å². The highest BCUT2D eigenvalue weighted by molar-refractivity contribution is 7.98. The Morgan fingerprint density at radius 1 is 0.861 bits per heavy atom. The van der Waals surface area contributed by atoms with E-state index in [4.69, 9.17) is 14.7 Å². The predicted octanol–water partition coefficient (Wildman–Crippen LogP) is 4.06. The number of rotatable bonds is 6. The van der Waals surface area contributed by atoms with Crippen LogP contribution in [0.25, 0.3) is 33.2 Å². The lowest BCUT2D eigenvalue weighted by Crippen LogP contribution is -2.44. The molecule has 2 aromatic heterocycles. The zero-order valence-corrected chi connectivity index (χ0v) is 22.0. The van der Waals surface area contributed by atoms with Gasteiger partial charge in [-0.15, -0.1) is 0 Å². The topological polar surface area (TPSA) is 49.7 Å². The van der Waals surface area contributed by atoms with Gasteiger partial charge in [-0.25, -0.2) is 9.97 Å². The van der Waals surface area contributed by atoms with Crippen molar-refractivity contribution in [2.75, 3.05) is 77.2 Å². The summed E-state index contributed by atoms with van der Waals surface area (Å²) in [5.41, 5.74) is 6.57. The molecule has 8 heteroatoms. The second-order valence-electron chi connectivity index (χ2n) is 9.72. The van der Waals surface area contributed by atoms with Gasteiger partial charge in [0.2, 0.25) is 0 Å². The summed E-state index contributed by atoms with van der Waals surface area (Å²) in [5.74, 6) is 0. The van der Waals surface area contributed by atoms with Gasteiger partial charge in [0.1, 0.15) is 5.52 Å². The number of aromatic nitrogens is 3. The second-order valence-corrected chi connectivity index (χ2v) is 10.5. The Morgan fingerprint density at radius 3 is 2.36 bits per heavy atom. The highest BCUT2D eigenvalue weighted by atomic mass is 32.2. The van der Waals surface area contributed by atoms with Crippen molar-refractivity contribution >= 4 is 39.4 Å². The van der Waals surface area contributed by atoms with Gasteiger partial charge in [-0.3, -0.25) is 4.90 Å². The molecule has 6 rings (SSSR count). The van der Waals surface area contributed by atoms with Crippen LogP contribution in [0.1, 0.15) is 0 Å². The third-order valence-electron chi connectivity index (χ3n) is 7.48. The van der Waals surface area contributed by atoms with Crippen molar-refractivity contribution < 1.29 is 4.74 Å². The molecule has 0 bridgehead atoms. The van der Waals surface area contributed by atoms with Crippen molar-refractivity contribution in [3.8, 4) is 11.3 Å². The van der Waals surface area contributed by atoms with E-state index in [1.54, 1.807) is 11.8 Å². The lowest BCUT2D eigenvalue weighted by molar-refractivity contribution is 0.0362.